The molecule has 1 N–H and O–H groups in total. The monoisotopic (exact) mass is 294 g/mol. The highest BCUT2D eigenvalue weighted by atomic mass is 35.5. The number of rotatable bonds is 4. The lowest BCUT2D eigenvalue weighted by molar-refractivity contribution is 0.168. The molecule has 0 saturated carbocycles. The first-order chi connectivity index (χ1) is 9.06. The second kappa shape index (κ2) is 6.42. The Morgan fingerprint density at radius 3 is 2.32 bits per heavy atom. The lowest BCUT2D eigenvalue weighted by Gasteiger charge is -2.12. The van der Waals surface area contributed by atoms with Crippen molar-refractivity contribution in [3.63, 3.8) is 0 Å². The Labute approximate surface area is 123 Å². The summed E-state index contributed by atoms with van der Waals surface area (Å²) in [5.74, 6) is 0. The molecular formula is C16H16Cl2O. The van der Waals surface area contributed by atoms with E-state index in [4.69, 9.17) is 23.2 Å². The number of benzene rings is 2. The Bertz CT molecular complexity index is 549. The third-order valence-electron chi connectivity index (χ3n) is 3.16. The molecule has 2 aromatic rings. The number of aliphatic hydroxyl groups is 1. The van der Waals surface area contributed by atoms with Gasteiger partial charge in [0.15, 0.2) is 0 Å². The lowest BCUT2D eigenvalue weighted by Crippen LogP contribution is -1.99. The largest absolute Gasteiger partial charge is 0.388 e. The van der Waals surface area contributed by atoms with E-state index in [1.54, 1.807) is 12.1 Å². The second-order valence-electron chi connectivity index (χ2n) is 4.71. The first-order valence-corrected chi connectivity index (χ1v) is 7.00. The Hall–Kier alpha value is -1.02. The second-order valence-corrected chi connectivity index (χ2v) is 5.53. The Balaban J connectivity index is 1.98. The lowest BCUT2D eigenvalue weighted by atomic mass is 10.0. The summed E-state index contributed by atoms with van der Waals surface area (Å²) < 4.78 is 0. The zero-order valence-corrected chi connectivity index (χ0v) is 12.2. The van der Waals surface area contributed by atoms with Crippen LogP contribution in [-0.4, -0.2) is 5.11 Å². The van der Waals surface area contributed by atoms with Crippen molar-refractivity contribution in [2.24, 2.45) is 0 Å². The third kappa shape index (κ3) is 3.97. The van der Waals surface area contributed by atoms with Gasteiger partial charge in [-0.1, -0.05) is 59.1 Å². The summed E-state index contributed by atoms with van der Waals surface area (Å²) in [5.41, 5.74) is 3.28. The van der Waals surface area contributed by atoms with Crippen molar-refractivity contribution < 1.29 is 5.11 Å². The van der Waals surface area contributed by atoms with E-state index in [0.29, 0.717) is 16.5 Å². The van der Waals surface area contributed by atoms with Crippen LogP contribution in [0.3, 0.4) is 0 Å². The highest BCUT2D eigenvalue weighted by Gasteiger charge is 2.09. The van der Waals surface area contributed by atoms with Crippen LogP contribution in [0.1, 0.15) is 29.2 Å². The number of aryl methyl sites for hydroxylation is 2. The molecule has 19 heavy (non-hydrogen) atoms. The van der Waals surface area contributed by atoms with Gasteiger partial charge in [0.25, 0.3) is 0 Å². The molecule has 2 rings (SSSR count). The molecule has 0 aliphatic carbocycles. The van der Waals surface area contributed by atoms with Crippen molar-refractivity contribution in [2.45, 2.75) is 25.9 Å². The molecule has 0 saturated heterocycles. The van der Waals surface area contributed by atoms with Gasteiger partial charge in [0.1, 0.15) is 0 Å². The predicted octanol–water partition coefficient (Wildman–Crippen LogP) is 4.97. The van der Waals surface area contributed by atoms with Gasteiger partial charge in [0.05, 0.1) is 16.1 Å². The van der Waals surface area contributed by atoms with Gasteiger partial charge in [-0.05, 0) is 43.0 Å². The first kappa shape index (κ1) is 14.4. The van der Waals surface area contributed by atoms with Crippen molar-refractivity contribution in [1.82, 2.24) is 0 Å². The number of hydrogen-bond donors (Lipinski definition) is 1. The number of aliphatic hydroxyl groups excluding tert-OH is 1. The third-order valence-corrected chi connectivity index (χ3v) is 3.89. The normalized spacial score (nSPS) is 12.4. The van der Waals surface area contributed by atoms with Crippen LogP contribution in [0.2, 0.25) is 10.0 Å². The van der Waals surface area contributed by atoms with Crippen molar-refractivity contribution in [1.29, 1.82) is 0 Å². The van der Waals surface area contributed by atoms with Crippen LogP contribution in [0, 0.1) is 6.92 Å². The van der Waals surface area contributed by atoms with Crippen LogP contribution in [0.25, 0.3) is 0 Å². The molecular weight excluding hydrogens is 279 g/mol. The Kier molecular flexibility index (Phi) is 4.87. The van der Waals surface area contributed by atoms with E-state index in [1.165, 1.54) is 11.1 Å². The van der Waals surface area contributed by atoms with Gasteiger partial charge >= 0.3 is 0 Å². The van der Waals surface area contributed by atoms with Crippen LogP contribution >= 0.6 is 23.2 Å². The smallest absolute Gasteiger partial charge is 0.0793 e. The molecule has 0 amide bonds. The molecule has 0 fully saturated rings. The van der Waals surface area contributed by atoms with E-state index >= 15 is 0 Å². The molecule has 1 nitrogen and oxygen atoms in total. The molecule has 3 heteroatoms. The first-order valence-electron chi connectivity index (χ1n) is 6.25. The maximum atomic E-state index is 10.2. The fraction of sp³-hybridized carbons (Fsp3) is 0.250. The van der Waals surface area contributed by atoms with Gasteiger partial charge in [-0.3, -0.25) is 0 Å². The molecule has 0 radical (unpaired) electrons. The van der Waals surface area contributed by atoms with Gasteiger partial charge in [0.2, 0.25) is 0 Å². The van der Waals surface area contributed by atoms with Gasteiger partial charge in [-0.2, -0.15) is 0 Å². The topological polar surface area (TPSA) is 20.2 Å². The Morgan fingerprint density at radius 2 is 1.68 bits per heavy atom. The quantitative estimate of drug-likeness (QED) is 0.844. The van der Waals surface area contributed by atoms with Crippen LogP contribution in [0.5, 0.6) is 0 Å². The minimum absolute atomic E-state index is 0.480. The van der Waals surface area contributed by atoms with Gasteiger partial charge in [-0.25, -0.2) is 0 Å². The molecule has 0 aliphatic heterocycles. The highest BCUT2D eigenvalue weighted by Crippen LogP contribution is 2.27. The summed E-state index contributed by atoms with van der Waals surface area (Å²) in [6.45, 7) is 2.06. The summed E-state index contributed by atoms with van der Waals surface area (Å²) in [6, 6.07) is 13.6. The van der Waals surface area contributed by atoms with Crippen LogP contribution in [-0.2, 0) is 6.42 Å². The van der Waals surface area contributed by atoms with E-state index in [9.17, 15) is 5.11 Å². The fourth-order valence-electron chi connectivity index (χ4n) is 1.94. The van der Waals surface area contributed by atoms with Crippen molar-refractivity contribution in [3.8, 4) is 0 Å². The summed E-state index contributed by atoms with van der Waals surface area (Å²) in [4.78, 5) is 0. The Morgan fingerprint density at radius 1 is 1.00 bits per heavy atom. The van der Waals surface area contributed by atoms with Gasteiger partial charge in [0, 0.05) is 0 Å². The van der Waals surface area contributed by atoms with E-state index in [1.807, 2.05) is 6.07 Å². The van der Waals surface area contributed by atoms with Crippen molar-refractivity contribution in [2.75, 3.05) is 0 Å². The molecule has 2 aromatic carbocycles. The molecule has 1 unspecified atom stereocenters. The standard InChI is InChI=1S/C16H16Cl2O/c1-11-2-4-12(5-3-11)6-9-16(19)13-7-8-14(17)15(18)10-13/h2-5,7-8,10,16,19H,6,9H2,1H3. The molecule has 0 heterocycles. The molecule has 1 atom stereocenters. The predicted molar refractivity (Wildman–Crippen MR) is 80.9 cm³/mol. The average Bonchev–Trinajstić information content (AvgIpc) is 2.41. The van der Waals surface area contributed by atoms with Crippen molar-refractivity contribution in [3.05, 3.63) is 69.2 Å². The molecule has 0 aromatic heterocycles. The minimum atomic E-state index is -0.518. The summed E-state index contributed by atoms with van der Waals surface area (Å²) in [6.07, 6.45) is 0.985. The average molecular weight is 295 g/mol. The van der Waals surface area contributed by atoms with E-state index in [0.717, 1.165) is 12.0 Å². The van der Waals surface area contributed by atoms with Crippen molar-refractivity contribution >= 4 is 23.2 Å². The molecule has 0 aliphatic rings. The summed E-state index contributed by atoms with van der Waals surface area (Å²) in [5, 5.41) is 11.1. The molecule has 100 valence electrons. The maximum Gasteiger partial charge on any atom is 0.0793 e. The summed E-state index contributed by atoms with van der Waals surface area (Å²) >= 11 is 11.8. The van der Waals surface area contributed by atoms with Gasteiger partial charge in [-0.15, -0.1) is 0 Å². The molecule has 0 bridgehead atoms. The zero-order chi connectivity index (χ0) is 13.8. The SMILES string of the molecule is Cc1ccc(CCC(O)c2ccc(Cl)c(Cl)c2)cc1. The summed E-state index contributed by atoms with van der Waals surface area (Å²) in [7, 11) is 0. The van der Waals surface area contributed by atoms with E-state index < -0.39 is 6.10 Å². The van der Waals surface area contributed by atoms with Crippen LogP contribution in [0.4, 0.5) is 0 Å². The van der Waals surface area contributed by atoms with E-state index in [2.05, 4.69) is 31.2 Å². The number of hydrogen-bond acceptors (Lipinski definition) is 1. The zero-order valence-electron chi connectivity index (χ0n) is 10.7. The molecule has 0 spiro atoms. The van der Waals surface area contributed by atoms with Gasteiger partial charge < -0.3 is 5.11 Å². The minimum Gasteiger partial charge on any atom is -0.388 e. The van der Waals surface area contributed by atoms with Crippen LogP contribution < -0.4 is 0 Å². The van der Waals surface area contributed by atoms with Crippen LogP contribution in [0.15, 0.2) is 42.5 Å². The van der Waals surface area contributed by atoms with E-state index in [-0.39, 0.29) is 0 Å². The maximum absolute atomic E-state index is 10.2. The highest BCUT2D eigenvalue weighted by molar-refractivity contribution is 6.42. The fourth-order valence-corrected chi connectivity index (χ4v) is 2.25. The number of halogens is 2.